The average molecular weight is 393 g/mol. The number of nitrogens with zero attached hydrogens (tertiary/aromatic N) is 3. The molecule has 0 N–H and O–H groups in total. The Morgan fingerprint density at radius 3 is 2.31 bits per heavy atom. The third-order valence-corrected chi connectivity index (χ3v) is 4.65. The summed E-state index contributed by atoms with van der Waals surface area (Å²) >= 11 is 0. The number of benzene rings is 2. The van der Waals surface area contributed by atoms with Gasteiger partial charge in [0.1, 0.15) is 5.75 Å². The first kappa shape index (κ1) is 20.6. The highest BCUT2D eigenvalue weighted by Gasteiger charge is 2.16. The molecule has 3 rings (SSSR count). The molecule has 29 heavy (non-hydrogen) atoms. The van der Waals surface area contributed by atoms with E-state index >= 15 is 0 Å². The second-order valence-electron chi connectivity index (χ2n) is 8.18. The fourth-order valence-electron chi connectivity index (χ4n) is 2.73. The highest BCUT2D eigenvalue weighted by molar-refractivity contribution is 5.77. The Morgan fingerprint density at radius 1 is 1.03 bits per heavy atom. The summed E-state index contributed by atoms with van der Waals surface area (Å²) in [4.78, 5) is 13.9. The van der Waals surface area contributed by atoms with Crippen molar-refractivity contribution in [3.63, 3.8) is 0 Å². The van der Waals surface area contributed by atoms with Crippen LogP contribution in [0.25, 0.3) is 11.5 Å². The van der Waals surface area contributed by atoms with Crippen LogP contribution in [0.5, 0.6) is 5.75 Å². The van der Waals surface area contributed by atoms with Crippen molar-refractivity contribution in [3.05, 3.63) is 65.5 Å². The molecule has 0 bridgehead atoms. The molecule has 0 saturated carbocycles. The zero-order valence-corrected chi connectivity index (χ0v) is 17.6. The molecule has 0 aliphatic rings. The first-order valence-electron chi connectivity index (χ1n) is 9.59. The Kier molecular flexibility index (Phi) is 6.01. The molecule has 0 radical (unpaired) electrons. The maximum atomic E-state index is 12.4. The molecule has 0 fully saturated rings. The molecule has 0 aliphatic carbocycles. The Hall–Kier alpha value is -3.15. The fourth-order valence-corrected chi connectivity index (χ4v) is 2.73. The van der Waals surface area contributed by atoms with Gasteiger partial charge in [-0.2, -0.15) is 0 Å². The summed E-state index contributed by atoms with van der Waals surface area (Å²) in [7, 11) is 1.68. The van der Waals surface area contributed by atoms with Crippen LogP contribution in [0.4, 0.5) is 0 Å². The molecular weight excluding hydrogens is 366 g/mol. The summed E-state index contributed by atoms with van der Waals surface area (Å²) in [6.45, 7) is 8.66. The molecule has 0 atom stereocenters. The monoisotopic (exact) mass is 393 g/mol. The number of carbonyl (C=O) groups excluding carboxylic acids is 1. The molecule has 0 spiro atoms. The number of aryl methyl sites for hydroxylation is 1. The predicted molar refractivity (Wildman–Crippen MR) is 112 cm³/mol. The molecule has 0 unspecified atom stereocenters. The summed E-state index contributed by atoms with van der Waals surface area (Å²) in [6, 6.07) is 15.7. The van der Waals surface area contributed by atoms with E-state index in [-0.39, 0.29) is 24.5 Å². The Bertz CT molecular complexity index is 954. The number of carbonyl (C=O) groups is 1. The van der Waals surface area contributed by atoms with Gasteiger partial charge in [-0.05, 0) is 42.2 Å². The number of hydrogen-bond acceptors (Lipinski definition) is 5. The van der Waals surface area contributed by atoms with Crippen molar-refractivity contribution >= 4 is 5.91 Å². The summed E-state index contributed by atoms with van der Waals surface area (Å²) in [5.74, 6) is 1.32. The molecule has 6 nitrogen and oxygen atoms in total. The average Bonchev–Trinajstić information content (AvgIpc) is 3.14. The third-order valence-electron chi connectivity index (χ3n) is 4.65. The molecular formula is C23H27N3O3. The van der Waals surface area contributed by atoms with Gasteiger partial charge in [0, 0.05) is 12.6 Å². The first-order valence-corrected chi connectivity index (χ1v) is 9.59. The zero-order valence-electron chi connectivity index (χ0n) is 17.6. The van der Waals surface area contributed by atoms with Crippen LogP contribution in [0.2, 0.25) is 0 Å². The minimum Gasteiger partial charge on any atom is -0.484 e. The zero-order chi connectivity index (χ0) is 21.0. The molecule has 152 valence electrons. The SMILES string of the molecule is Cc1ccc(-c2nnc(CN(C)C(=O)COc3ccc(C(C)(C)C)cc3)o2)cc1. The summed E-state index contributed by atoms with van der Waals surface area (Å²) in [6.07, 6.45) is 0. The molecule has 2 aromatic carbocycles. The lowest BCUT2D eigenvalue weighted by molar-refractivity contribution is -0.132. The second-order valence-corrected chi connectivity index (χ2v) is 8.18. The molecule has 1 heterocycles. The van der Waals surface area contributed by atoms with E-state index in [9.17, 15) is 4.79 Å². The topological polar surface area (TPSA) is 68.5 Å². The van der Waals surface area contributed by atoms with E-state index in [2.05, 4.69) is 31.0 Å². The van der Waals surface area contributed by atoms with E-state index < -0.39 is 0 Å². The van der Waals surface area contributed by atoms with Crippen LogP contribution in [0.1, 0.15) is 37.8 Å². The van der Waals surface area contributed by atoms with Crippen molar-refractivity contribution < 1.29 is 13.9 Å². The number of likely N-dealkylation sites (N-methyl/N-ethyl adjacent to an activating group) is 1. The molecule has 3 aromatic rings. The van der Waals surface area contributed by atoms with Crippen molar-refractivity contribution in [3.8, 4) is 17.2 Å². The Balaban J connectivity index is 1.53. The Morgan fingerprint density at radius 2 is 1.69 bits per heavy atom. The largest absolute Gasteiger partial charge is 0.484 e. The van der Waals surface area contributed by atoms with E-state index in [0.29, 0.717) is 17.5 Å². The van der Waals surface area contributed by atoms with Crippen LogP contribution < -0.4 is 4.74 Å². The third kappa shape index (κ3) is 5.44. The molecule has 6 heteroatoms. The lowest BCUT2D eigenvalue weighted by Crippen LogP contribution is -2.31. The smallest absolute Gasteiger partial charge is 0.260 e. The van der Waals surface area contributed by atoms with Gasteiger partial charge >= 0.3 is 0 Å². The molecule has 0 saturated heterocycles. The van der Waals surface area contributed by atoms with Gasteiger partial charge in [0.05, 0.1) is 6.54 Å². The van der Waals surface area contributed by atoms with E-state index in [1.54, 1.807) is 7.05 Å². The number of hydrogen-bond donors (Lipinski definition) is 0. The van der Waals surface area contributed by atoms with Gasteiger partial charge in [0.25, 0.3) is 5.91 Å². The van der Waals surface area contributed by atoms with Gasteiger partial charge < -0.3 is 14.1 Å². The Labute approximate surface area is 171 Å². The lowest BCUT2D eigenvalue weighted by Gasteiger charge is -2.19. The normalized spacial score (nSPS) is 11.3. The van der Waals surface area contributed by atoms with Gasteiger partial charge in [-0.15, -0.1) is 10.2 Å². The van der Waals surface area contributed by atoms with E-state index in [0.717, 1.165) is 11.1 Å². The number of aromatic nitrogens is 2. The number of ether oxygens (including phenoxy) is 1. The van der Waals surface area contributed by atoms with Gasteiger partial charge in [0.2, 0.25) is 11.8 Å². The van der Waals surface area contributed by atoms with Gasteiger partial charge in [-0.3, -0.25) is 4.79 Å². The van der Waals surface area contributed by atoms with Crippen molar-refractivity contribution in [1.29, 1.82) is 0 Å². The van der Waals surface area contributed by atoms with Crippen molar-refractivity contribution in [2.24, 2.45) is 0 Å². The fraction of sp³-hybridized carbons (Fsp3) is 0.348. The predicted octanol–water partition coefficient (Wildman–Crippen LogP) is 4.38. The minimum absolute atomic E-state index is 0.0513. The van der Waals surface area contributed by atoms with Crippen LogP contribution in [0.3, 0.4) is 0 Å². The van der Waals surface area contributed by atoms with Crippen LogP contribution in [0, 0.1) is 6.92 Å². The number of rotatable bonds is 6. The summed E-state index contributed by atoms with van der Waals surface area (Å²) in [5.41, 5.74) is 3.31. The second kappa shape index (κ2) is 8.47. The van der Waals surface area contributed by atoms with E-state index in [1.165, 1.54) is 10.5 Å². The summed E-state index contributed by atoms with van der Waals surface area (Å²) < 4.78 is 11.3. The lowest BCUT2D eigenvalue weighted by atomic mass is 9.87. The highest BCUT2D eigenvalue weighted by Crippen LogP contribution is 2.24. The maximum Gasteiger partial charge on any atom is 0.260 e. The highest BCUT2D eigenvalue weighted by atomic mass is 16.5. The first-order chi connectivity index (χ1) is 13.7. The van der Waals surface area contributed by atoms with Crippen LogP contribution in [0.15, 0.2) is 52.9 Å². The molecule has 0 aliphatic heterocycles. The quantitative estimate of drug-likeness (QED) is 0.622. The molecule has 1 aromatic heterocycles. The van der Waals surface area contributed by atoms with Gasteiger partial charge in [-0.1, -0.05) is 50.6 Å². The standard InChI is InChI=1S/C23H27N3O3/c1-16-6-8-17(9-7-16)22-25-24-20(29-22)14-26(5)21(27)15-28-19-12-10-18(11-13-19)23(2,3)4/h6-13H,14-15H2,1-5H3. The van der Waals surface area contributed by atoms with Gasteiger partial charge in [-0.25, -0.2) is 0 Å². The van der Waals surface area contributed by atoms with Crippen LogP contribution in [-0.2, 0) is 16.8 Å². The van der Waals surface area contributed by atoms with E-state index in [4.69, 9.17) is 9.15 Å². The number of amides is 1. The van der Waals surface area contributed by atoms with Gasteiger partial charge in [0.15, 0.2) is 6.61 Å². The molecule has 1 amide bonds. The van der Waals surface area contributed by atoms with Crippen molar-refractivity contribution in [2.45, 2.75) is 39.7 Å². The maximum absolute atomic E-state index is 12.4. The summed E-state index contributed by atoms with van der Waals surface area (Å²) in [5, 5.41) is 8.10. The minimum atomic E-state index is -0.167. The van der Waals surface area contributed by atoms with Crippen LogP contribution in [-0.4, -0.2) is 34.7 Å². The van der Waals surface area contributed by atoms with Crippen molar-refractivity contribution in [2.75, 3.05) is 13.7 Å². The van der Waals surface area contributed by atoms with Crippen LogP contribution >= 0.6 is 0 Å². The van der Waals surface area contributed by atoms with E-state index in [1.807, 2.05) is 55.5 Å². The van der Waals surface area contributed by atoms with Crippen molar-refractivity contribution in [1.82, 2.24) is 15.1 Å².